The van der Waals surface area contributed by atoms with Crippen molar-refractivity contribution < 1.29 is 8.42 Å². The minimum absolute atomic E-state index is 0.420. The van der Waals surface area contributed by atoms with Gasteiger partial charge >= 0.3 is 0 Å². The van der Waals surface area contributed by atoms with Crippen molar-refractivity contribution in [2.45, 2.75) is 30.4 Å². The first-order chi connectivity index (χ1) is 7.84. The molecule has 2 aromatic rings. The van der Waals surface area contributed by atoms with Crippen molar-refractivity contribution in [1.29, 1.82) is 0 Å². The van der Waals surface area contributed by atoms with Crippen LogP contribution in [0.25, 0.3) is 10.8 Å². The number of hydrogen-bond donors (Lipinski definition) is 0. The van der Waals surface area contributed by atoms with Gasteiger partial charge in [0.1, 0.15) is 0 Å². The molecule has 0 fully saturated rings. The maximum absolute atomic E-state index is 12.5. The van der Waals surface area contributed by atoms with E-state index in [0.717, 1.165) is 10.8 Å². The molecule has 3 heteroatoms. The molecule has 0 heterocycles. The summed E-state index contributed by atoms with van der Waals surface area (Å²) in [5, 5.41) is 1.75. The molecule has 0 N–H and O–H groups in total. The Hall–Kier alpha value is -1.35. The molecule has 0 unspecified atom stereocenters. The van der Waals surface area contributed by atoms with E-state index in [9.17, 15) is 8.42 Å². The third kappa shape index (κ3) is 1.95. The van der Waals surface area contributed by atoms with E-state index in [1.54, 1.807) is 32.9 Å². The standard InChI is InChI=1S/C14H16O2S/c1-14(2,3)17(15,16)13-10-6-8-11-7-4-5-9-12(11)13/h4-10H,1-3H3. The van der Waals surface area contributed by atoms with E-state index in [4.69, 9.17) is 0 Å². The summed E-state index contributed by atoms with van der Waals surface area (Å²) in [5.74, 6) is 0. The number of hydrogen-bond acceptors (Lipinski definition) is 2. The van der Waals surface area contributed by atoms with Gasteiger partial charge in [-0.1, -0.05) is 36.4 Å². The van der Waals surface area contributed by atoms with Crippen LogP contribution >= 0.6 is 0 Å². The minimum Gasteiger partial charge on any atom is -0.223 e. The molecule has 0 aromatic heterocycles. The first-order valence-corrected chi connectivity index (χ1v) is 7.05. The van der Waals surface area contributed by atoms with Crippen LogP contribution in [0.2, 0.25) is 0 Å². The Morgan fingerprint density at radius 2 is 1.47 bits per heavy atom. The van der Waals surface area contributed by atoms with Crippen LogP contribution in [0, 0.1) is 0 Å². The summed E-state index contributed by atoms with van der Waals surface area (Å²) in [4.78, 5) is 0.420. The zero-order valence-electron chi connectivity index (χ0n) is 10.3. The molecule has 0 spiro atoms. The molecule has 2 rings (SSSR count). The molecule has 2 nitrogen and oxygen atoms in total. The molecular weight excluding hydrogens is 232 g/mol. The monoisotopic (exact) mass is 248 g/mol. The maximum Gasteiger partial charge on any atom is 0.183 e. The van der Waals surface area contributed by atoms with Crippen molar-refractivity contribution in [3.8, 4) is 0 Å². The molecule has 2 aromatic carbocycles. The summed E-state index contributed by atoms with van der Waals surface area (Å²) < 4.78 is 24.2. The predicted molar refractivity (Wildman–Crippen MR) is 70.9 cm³/mol. The minimum atomic E-state index is -3.30. The zero-order valence-corrected chi connectivity index (χ0v) is 11.1. The van der Waals surface area contributed by atoms with Gasteiger partial charge in [-0.05, 0) is 32.2 Å². The van der Waals surface area contributed by atoms with Crippen molar-refractivity contribution >= 4 is 20.6 Å². The molecular formula is C14H16O2S. The van der Waals surface area contributed by atoms with E-state index in [2.05, 4.69) is 0 Å². The van der Waals surface area contributed by atoms with Crippen molar-refractivity contribution in [2.24, 2.45) is 0 Å². The number of benzene rings is 2. The van der Waals surface area contributed by atoms with Crippen molar-refractivity contribution in [2.75, 3.05) is 0 Å². The lowest BCUT2D eigenvalue weighted by atomic mass is 10.1. The Kier molecular flexibility index (Phi) is 2.74. The summed E-state index contributed by atoms with van der Waals surface area (Å²) in [6.45, 7) is 5.18. The maximum atomic E-state index is 12.5. The van der Waals surface area contributed by atoms with Crippen molar-refractivity contribution in [3.05, 3.63) is 42.5 Å². The highest BCUT2D eigenvalue weighted by Crippen LogP contribution is 2.30. The molecule has 0 saturated heterocycles. The second-order valence-electron chi connectivity index (χ2n) is 5.09. The van der Waals surface area contributed by atoms with Crippen LogP contribution in [0.5, 0.6) is 0 Å². The lowest BCUT2D eigenvalue weighted by Crippen LogP contribution is -2.28. The highest BCUT2D eigenvalue weighted by atomic mass is 32.2. The number of sulfone groups is 1. The Labute approximate surface area is 102 Å². The summed E-state index contributed by atoms with van der Waals surface area (Å²) in [6, 6.07) is 13.0. The van der Waals surface area contributed by atoms with E-state index >= 15 is 0 Å². The van der Waals surface area contributed by atoms with Crippen LogP contribution in [0.15, 0.2) is 47.4 Å². The van der Waals surface area contributed by atoms with E-state index in [1.807, 2.05) is 30.3 Å². The van der Waals surface area contributed by atoms with Crippen LogP contribution in [-0.4, -0.2) is 13.2 Å². The average molecular weight is 248 g/mol. The SMILES string of the molecule is CC(C)(C)S(=O)(=O)c1cccc2ccccc12. The average Bonchev–Trinajstić information content (AvgIpc) is 2.26. The molecule has 0 aliphatic heterocycles. The normalized spacial score (nSPS) is 12.9. The Morgan fingerprint density at radius 3 is 2.12 bits per heavy atom. The second kappa shape index (κ2) is 3.84. The molecule has 0 atom stereocenters. The third-order valence-electron chi connectivity index (χ3n) is 2.85. The summed E-state index contributed by atoms with van der Waals surface area (Å²) in [5.41, 5.74) is 0. The third-order valence-corrected chi connectivity index (χ3v) is 5.39. The fraction of sp³-hybridized carbons (Fsp3) is 0.286. The number of fused-ring (bicyclic) bond motifs is 1. The van der Waals surface area contributed by atoms with Gasteiger partial charge in [0.15, 0.2) is 9.84 Å². The quantitative estimate of drug-likeness (QED) is 0.775. The Morgan fingerprint density at radius 1 is 0.882 bits per heavy atom. The molecule has 0 amide bonds. The Balaban J connectivity index is 2.82. The fourth-order valence-corrected chi connectivity index (χ4v) is 3.15. The molecule has 17 heavy (non-hydrogen) atoms. The topological polar surface area (TPSA) is 34.1 Å². The lowest BCUT2D eigenvalue weighted by Gasteiger charge is -2.20. The van der Waals surface area contributed by atoms with Crippen LogP contribution in [0.4, 0.5) is 0 Å². The Bertz CT molecular complexity index is 644. The highest BCUT2D eigenvalue weighted by molar-refractivity contribution is 7.93. The number of rotatable bonds is 1. The zero-order chi connectivity index (χ0) is 12.7. The van der Waals surface area contributed by atoms with E-state index in [0.29, 0.717) is 4.90 Å². The van der Waals surface area contributed by atoms with Crippen molar-refractivity contribution in [1.82, 2.24) is 0 Å². The molecule has 0 aliphatic carbocycles. The van der Waals surface area contributed by atoms with Crippen LogP contribution in [0.3, 0.4) is 0 Å². The van der Waals surface area contributed by atoms with Gasteiger partial charge in [0.05, 0.1) is 9.64 Å². The van der Waals surface area contributed by atoms with Crippen molar-refractivity contribution in [3.63, 3.8) is 0 Å². The smallest absolute Gasteiger partial charge is 0.183 e. The summed E-state index contributed by atoms with van der Waals surface area (Å²) in [7, 11) is -3.30. The van der Waals surface area contributed by atoms with Gasteiger partial charge in [0.25, 0.3) is 0 Å². The van der Waals surface area contributed by atoms with Gasteiger partial charge in [0.2, 0.25) is 0 Å². The van der Waals surface area contributed by atoms with Gasteiger partial charge in [-0.15, -0.1) is 0 Å². The van der Waals surface area contributed by atoms with Gasteiger partial charge in [-0.25, -0.2) is 8.42 Å². The fourth-order valence-electron chi connectivity index (χ4n) is 1.76. The molecule has 0 radical (unpaired) electrons. The van der Waals surface area contributed by atoms with Gasteiger partial charge in [0, 0.05) is 5.39 Å². The second-order valence-corrected chi connectivity index (χ2v) is 7.76. The lowest BCUT2D eigenvalue weighted by molar-refractivity contribution is 0.561. The van der Waals surface area contributed by atoms with Crippen LogP contribution in [-0.2, 0) is 9.84 Å². The van der Waals surface area contributed by atoms with Gasteiger partial charge in [-0.3, -0.25) is 0 Å². The molecule has 0 bridgehead atoms. The predicted octanol–water partition coefficient (Wildman–Crippen LogP) is 3.41. The van der Waals surface area contributed by atoms with Crippen LogP contribution in [0.1, 0.15) is 20.8 Å². The summed E-state index contributed by atoms with van der Waals surface area (Å²) >= 11 is 0. The van der Waals surface area contributed by atoms with Gasteiger partial charge in [-0.2, -0.15) is 0 Å². The van der Waals surface area contributed by atoms with Crippen LogP contribution < -0.4 is 0 Å². The van der Waals surface area contributed by atoms with E-state index < -0.39 is 14.6 Å². The first kappa shape index (κ1) is 12.1. The largest absolute Gasteiger partial charge is 0.223 e. The highest BCUT2D eigenvalue weighted by Gasteiger charge is 2.31. The van der Waals surface area contributed by atoms with Gasteiger partial charge < -0.3 is 0 Å². The molecule has 0 saturated carbocycles. The first-order valence-electron chi connectivity index (χ1n) is 5.56. The molecule has 90 valence electrons. The molecule has 0 aliphatic rings. The summed E-state index contributed by atoms with van der Waals surface area (Å²) in [6.07, 6.45) is 0. The van der Waals surface area contributed by atoms with E-state index in [1.165, 1.54) is 0 Å². The van der Waals surface area contributed by atoms with E-state index in [-0.39, 0.29) is 0 Å².